The lowest BCUT2D eigenvalue weighted by Crippen LogP contribution is -2.58. The Bertz CT molecular complexity index is 620. The van der Waals surface area contributed by atoms with Crippen molar-refractivity contribution in [1.82, 2.24) is 0 Å². The van der Waals surface area contributed by atoms with Crippen molar-refractivity contribution < 1.29 is 19.7 Å². The predicted molar refractivity (Wildman–Crippen MR) is 113 cm³/mol. The van der Waals surface area contributed by atoms with Gasteiger partial charge in [0.2, 0.25) is 0 Å². The number of methoxy groups -OCH3 is 1. The van der Waals surface area contributed by atoms with Gasteiger partial charge in [-0.2, -0.15) is 0 Å². The van der Waals surface area contributed by atoms with Gasteiger partial charge in [0.15, 0.2) is 0 Å². The largest absolute Gasteiger partial charge is 0.469 e. The molecular weight excluding hydrogens is 364 g/mol. The number of hydrogen-bond donors (Lipinski definition) is 2. The molecule has 4 nitrogen and oxygen atoms in total. The summed E-state index contributed by atoms with van der Waals surface area (Å²) in [5.41, 5.74) is 0.577. The zero-order valence-electron chi connectivity index (χ0n) is 18.9. The quantitative estimate of drug-likeness (QED) is 0.671. The topological polar surface area (TPSA) is 66.8 Å². The molecule has 4 fully saturated rings. The van der Waals surface area contributed by atoms with Crippen LogP contribution in [0.3, 0.4) is 0 Å². The van der Waals surface area contributed by atoms with Crippen LogP contribution in [0.4, 0.5) is 0 Å². The molecule has 4 aliphatic carbocycles. The number of rotatable bonds is 4. The van der Waals surface area contributed by atoms with Crippen LogP contribution in [0, 0.1) is 46.3 Å². The number of aliphatic hydroxyl groups excluding tert-OH is 2. The van der Waals surface area contributed by atoms with Crippen LogP contribution in [0.25, 0.3) is 0 Å². The summed E-state index contributed by atoms with van der Waals surface area (Å²) < 4.78 is 4.86. The summed E-state index contributed by atoms with van der Waals surface area (Å²) in [4.78, 5) is 11.6. The van der Waals surface area contributed by atoms with Gasteiger partial charge in [-0.05, 0) is 104 Å². The fourth-order valence-corrected chi connectivity index (χ4v) is 8.82. The molecule has 0 bridgehead atoms. The van der Waals surface area contributed by atoms with E-state index in [-0.39, 0.29) is 23.6 Å². The zero-order chi connectivity index (χ0) is 21.0. The monoisotopic (exact) mass is 406 g/mol. The molecule has 0 aromatic carbocycles. The molecule has 4 unspecified atom stereocenters. The van der Waals surface area contributed by atoms with Gasteiger partial charge in [-0.25, -0.2) is 0 Å². The summed E-state index contributed by atoms with van der Waals surface area (Å²) in [5, 5.41) is 21.5. The SMILES string of the molecule is COC(=O)CC[C@@H](C)[C@H]1CCC2C3C(O)C[C@@H]4C[C@H](O)CC[C@]4(C)C3CC[C@@]21C. The molecule has 0 radical (unpaired) electrons. The van der Waals surface area contributed by atoms with Crippen LogP contribution in [0.2, 0.25) is 0 Å². The van der Waals surface area contributed by atoms with E-state index < -0.39 is 0 Å². The number of hydrogen-bond acceptors (Lipinski definition) is 4. The van der Waals surface area contributed by atoms with E-state index >= 15 is 0 Å². The third-order valence-electron chi connectivity index (χ3n) is 10.4. The Morgan fingerprint density at radius 3 is 2.45 bits per heavy atom. The van der Waals surface area contributed by atoms with E-state index in [0.717, 1.165) is 32.1 Å². The maximum Gasteiger partial charge on any atom is 0.305 e. The Morgan fingerprint density at radius 1 is 1.03 bits per heavy atom. The average Bonchev–Trinajstić information content (AvgIpc) is 3.04. The lowest BCUT2D eigenvalue weighted by molar-refractivity contribution is -0.174. The Labute approximate surface area is 176 Å². The lowest BCUT2D eigenvalue weighted by atomic mass is 9.43. The summed E-state index contributed by atoms with van der Waals surface area (Å²) >= 11 is 0. The van der Waals surface area contributed by atoms with E-state index in [1.54, 1.807) is 0 Å². The van der Waals surface area contributed by atoms with E-state index in [1.165, 1.54) is 32.8 Å². The van der Waals surface area contributed by atoms with Crippen molar-refractivity contribution in [2.75, 3.05) is 7.11 Å². The van der Waals surface area contributed by atoms with E-state index in [2.05, 4.69) is 20.8 Å². The third kappa shape index (κ3) is 3.46. The number of carbonyl (C=O) groups is 1. The molecule has 0 aromatic rings. The minimum Gasteiger partial charge on any atom is -0.469 e. The van der Waals surface area contributed by atoms with Crippen molar-refractivity contribution >= 4 is 5.97 Å². The van der Waals surface area contributed by atoms with Gasteiger partial charge >= 0.3 is 5.97 Å². The number of ether oxygens (including phenoxy) is 1. The number of esters is 1. The summed E-state index contributed by atoms with van der Waals surface area (Å²) in [7, 11) is 1.48. The van der Waals surface area contributed by atoms with Crippen molar-refractivity contribution in [3.8, 4) is 0 Å². The molecule has 29 heavy (non-hydrogen) atoms. The van der Waals surface area contributed by atoms with Gasteiger partial charge in [-0.15, -0.1) is 0 Å². The first-order chi connectivity index (χ1) is 13.7. The second-order valence-corrected chi connectivity index (χ2v) is 11.5. The van der Waals surface area contributed by atoms with E-state index in [1.807, 2.05) is 0 Å². The molecule has 0 aromatic heterocycles. The first-order valence-corrected chi connectivity index (χ1v) is 12.1. The van der Waals surface area contributed by atoms with Gasteiger partial charge < -0.3 is 14.9 Å². The highest BCUT2D eigenvalue weighted by molar-refractivity contribution is 5.69. The summed E-state index contributed by atoms with van der Waals surface area (Å²) in [5.74, 6) is 3.17. The number of carbonyl (C=O) groups excluding carboxylic acids is 1. The third-order valence-corrected chi connectivity index (χ3v) is 10.4. The molecule has 0 heterocycles. The highest BCUT2D eigenvalue weighted by Crippen LogP contribution is 2.68. The van der Waals surface area contributed by atoms with Crippen LogP contribution in [0.1, 0.15) is 85.0 Å². The minimum absolute atomic E-state index is 0.0959. The molecule has 0 spiro atoms. The van der Waals surface area contributed by atoms with Crippen LogP contribution in [-0.4, -0.2) is 35.5 Å². The Kier molecular flexibility index (Phi) is 5.83. The summed E-state index contributed by atoms with van der Waals surface area (Å²) in [6.45, 7) is 7.29. The van der Waals surface area contributed by atoms with E-state index in [9.17, 15) is 15.0 Å². The normalized spacial score (nSPS) is 50.2. The van der Waals surface area contributed by atoms with Gasteiger partial charge in [0.1, 0.15) is 0 Å². The number of aliphatic hydroxyl groups is 2. The molecule has 4 aliphatic rings. The lowest BCUT2D eigenvalue weighted by Gasteiger charge is -2.62. The molecule has 0 aliphatic heterocycles. The molecule has 166 valence electrons. The van der Waals surface area contributed by atoms with Gasteiger partial charge in [0.25, 0.3) is 0 Å². The molecule has 4 heteroatoms. The predicted octanol–water partition coefficient (Wildman–Crippen LogP) is 4.57. The van der Waals surface area contributed by atoms with E-state index in [4.69, 9.17) is 4.74 Å². The second-order valence-electron chi connectivity index (χ2n) is 11.5. The Balaban J connectivity index is 1.53. The second kappa shape index (κ2) is 7.82. The zero-order valence-corrected chi connectivity index (χ0v) is 18.9. The smallest absolute Gasteiger partial charge is 0.305 e. The molecule has 2 N–H and O–H groups in total. The highest BCUT2D eigenvalue weighted by Gasteiger charge is 2.62. The van der Waals surface area contributed by atoms with Crippen molar-refractivity contribution in [2.24, 2.45) is 46.3 Å². The van der Waals surface area contributed by atoms with Crippen molar-refractivity contribution in [3.05, 3.63) is 0 Å². The molecule has 0 saturated heterocycles. The molecule has 4 rings (SSSR count). The maximum atomic E-state index is 11.6. The maximum absolute atomic E-state index is 11.6. The molecule has 0 amide bonds. The fourth-order valence-electron chi connectivity index (χ4n) is 8.82. The minimum atomic E-state index is -0.211. The van der Waals surface area contributed by atoms with Crippen molar-refractivity contribution in [3.63, 3.8) is 0 Å². The standard InChI is InChI=1S/C25H42O4/c1-15(5-8-22(28)29-4)18-6-7-19-23-20(10-12-25(18,19)3)24(2)11-9-17(26)13-16(24)14-21(23)27/h15-21,23,26-27H,5-14H2,1-4H3/t15-,16+,17-,18-,19?,20?,21?,23?,24+,25-/m1/s1. The summed E-state index contributed by atoms with van der Waals surface area (Å²) in [6.07, 6.45) is 9.80. The summed E-state index contributed by atoms with van der Waals surface area (Å²) in [6, 6.07) is 0. The van der Waals surface area contributed by atoms with Crippen LogP contribution in [0.15, 0.2) is 0 Å². The Morgan fingerprint density at radius 2 is 1.72 bits per heavy atom. The van der Waals surface area contributed by atoms with Crippen LogP contribution in [-0.2, 0) is 9.53 Å². The van der Waals surface area contributed by atoms with Crippen molar-refractivity contribution in [1.29, 1.82) is 0 Å². The average molecular weight is 407 g/mol. The van der Waals surface area contributed by atoms with Gasteiger partial charge in [0.05, 0.1) is 19.3 Å². The molecular formula is C25H42O4. The molecule has 10 atom stereocenters. The van der Waals surface area contributed by atoms with Crippen LogP contribution < -0.4 is 0 Å². The number of fused-ring (bicyclic) bond motifs is 5. The van der Waals surface area contributed by atoms with Gasteiger partial charge in [-0.1, -0.05) is 20.8 Å². The van der Waals surface area contributed by atoms with Gasteiger partial charge in [0, 0.05) is 6.42 Å². The highest BCUT2D eigenvalue weighted by atomic mass is 16.5. The fraction of sp³-hybridized carbons (Fsp3) is 0.960. The van der Waals surface area contributed by atoms with Crippen LogP contribution >= 0.6 is 0 Å². The molecule has 4 saturated carbocycles. The van der Waals surface area contributed by atoms with Gasteiger partial charge in [-0.3, -0.25) is 4.79 Å². The first kappa shape index (κ1) is 21.6. The van der Waals surface area contributed by atoms with Crippen molar-refractivity contribution in [2.45, 2.75) is 97.2 Å². The Hall–Kier alpha value is -0.610. The first-order valence-electron chi connectivity index (χ1n) is 12.1. The van der Waals surface area contributed by atoms with Crippen LogP contribution in [0.5, 0.6) is 0 Å². The van der Waals surface area contributed by atoms with E-state index in [0.29, 0.717) is 47.3 Å².